The average Bonchev–Trinajstić information content (AvgIpc) is 3.24. The van der Waals surface area contributed by atoms with Crippen LogP contribution in [0.5, 0.6) is 5.75 Å². The lowest BCUT2D eigenvalue weighted by Crippen LogP contribution is -2.23. The highest BCUT2D eigenvalue weighted by atomic mass is 32.2. The first-order valence-corrected chi connectivity index (χ1v) is 10.4. The smallest absolute Gasteiger partial charge is 0.406 e. The van der Waals surface area contributed by atoms with Crippen molar-refractivity contribution in [2.75, 3.05) is 5.32 Å². The molecule has 5 nitrogen and oxygen atoms in total. The lowest BCUT2D eigenvalue weighted by Gasteiger charge is -2.18. The molecule has 1 aliphatic rings. The lowest BCUT2D eigenvalue weighted by molar-refractivity contribution is -0.274. The molecule has 0 unspecified atom stereocenters. The molecule has 0 spiro atoms. The van der Waals surface area contributed by atoms with Crippen LogP contribution in [0, 0.1) is 13.8 Å². The van der Waals surface area contributed by atoms with E-state index in [1.807, 2.05) is 6.92 Å². The minimum atomic E-state index is -4.74. The molecule has 0 saturated heterocycles. The Labute approximate surface area is 172 Å². The minimum Gasteiger partial charge on any atom is -0.406 e. The highest BCUT2D eigenvalue weighted by Gasteiger charge is 2.31. The fraction of sp³-hybridized carbons (Fsp3) is 0.500. The molecule has 1 saturated carbocycles. The van der Waals surface area contributed by atoms with Crippen LogP contribution in [0.1, 0.15) is 50.0 Å². The summed E-state index contributed by atoms with van der Waals surface area (Å²) in [4.78, 5) is 17.2. The van der Waals surface area contributed by atoms with Crippen molar-refractivity contribution in [1.82, 2.24) is 9.55 Å². The van der Waals surface area contributed by atoms with Gasteiger partial charge >= 0.3 is 6.36 Å². The molecule has 158 valence electrons. The first-order chi connectivity index (χ1) is 13.6. The van der Waals surface area contributed by atoms with E-state index in [4.69, 9.17) is 0 Å². The van der Waals surface area contributed by atoms with Gasteiger partial charge in [-0.25, -0.2) is 4.98 Å². The molecular formula is C20H24F3N3O2S. The third-order valence-corrected chi connectivity index (χ3v) is 6.12. The zero-order valence-corrected chi connectivity index (χ0v) is 17.4. The van der Waals surface area contributed by atoms with Gasteiger partial charge in [0.25, 0.3) is 0 Å². The Morgan fingerprint density at radius 2 is 1.86 bits per heavy atom. The number of anilines is 1. The van der Waals surface area contributed by atoms with Crippen LogP contribution in [0.25, 0.3) is 0 Å². The van der Waals surface area contributed by atoms with Crippen LogP contribution in [-0.4, -0.2) is 27.1 Å². The molecule has 1 amide bonds. The summed E-state index contributed by atoms with van der Waals surface area (Å²) in [5.74, 6) is -0.571. The summed E-state index contributed by atoms with van der Waals surface area (Å²) in [7, 11) is 0. The van der Waals surface area contributed by atoms with E-state index in [1.54, 1.807) is 6.92 Å². The van der Waals surface area contributed by atoms with E-state index < -0.39 is 11.6 Å². The zero-order chi connectivity index (χ0) is 21.2. The predicted octanol–water partition coefficient (Wildman–Crippen LogP) is 5.63. The first kappa shape index (κ1) is 21.5. The Bertz CT molecular complexity index is 859. The molecule has 1 N–H and O–H groups in total. The van der Waals surface area contributed by atoms with Gasteiger partial charge in [0.2, 0.25) is 5.91 Å². The zero-order valence-electron chi connectivity index (χ0n) is 16.5. The number of hydrogen-bond donors (Lipinski definition) is 1. The number of aryl methyl sites for hydroxylation is 1. The summed E-state index contributed by atoms with van der Waals surface area (Å²) in [5, 5.41) is 3.15. The molecule has 0 bridgehead atoms. The number of amides is 1. The molecule has 3 rings (SSSR count). The van der Waals surface area contributed by atoms with Gasteiger partial charge in [0.1, 0.15) is 5.75 Å². The molecule has 1 atom stereocenters. The minimum absolute atomic E-state index is 0.240. The van der Waals surface area contributed by atoms with Gasteiger partial charge in [-0.2, -0.15) is 0 Å². The number of rotatable bonds is 6. The Kier molecular flexibility index (Phi) is 6.45. The van der Waals surface area contributed by atoms with Gasteiger partial charge in [-0.1, -0.05) is 24.6 Å². The number of nitrogens with one attached hydrogen (secondary N) is 1. The monoisotopic (exact) mass is 427 g/mol. The van der Waals surface area contributed by atoms with Crippen LogP contribution in [0.3, 0.4) is 0 Å². The molecule has 29 heavy (non-hydrogen) atoms. The third kappa shape index (κ3) is 5.46. The van der Waals surface area contributed by atoms with Gasteiger partial charge in [-0.15, -0.1) is 13.2 Å². The van der Waals surface area contributed by atoms with Crippen molar-refractivity contribution in [3.8, 4) is 5.75 Å². The number of imidazole rings is 1. The third-order valence-electron chi connectivity index (χ3n) is 5.05. The normalized spacial score (nSPS) is 16.1. The number of halogens is 3. The second kappa shape index (κ2) is 8.69. The molecule has 9 heteroatoms. The van der Waals surface area contributed by atoms with Crippen molar-refractivity contribution < 1.29 is 22.7 Å². The lowest BCUT2D eigenvalue weighted by atomic mass is 10.2. The van der Waals surface area contributed by atoms with Gasteiger partial charge in [-0.05, 0) is 57.9 Å². The van der Waals surface area contributed by atoms with Gasteiger partial charge in [0, 0.05) is 17.4 Å². The van der Waals surface area contributed by atoms with Crippen molar-refractivity contribution in [2.24, 2.45) is 0 Å². The summed E-state index contributed by atoms with van der Waals surface area (Å²) >= 11 is 1.40. The fourth-order valence-electron chi connectivity index (χ4n) is 3.47. The molecule has 1 aliphatic carbocycles. The number of ether oxygens (including phenoxy) is 1. The van der Waals surface area contributed by atoms with E-state index in [0.29, 0.717) is 11.7 Å². The number of carbonyl (C=O) groups is 1. The van der Waals surface area contributed by atoms with E-state index in [-0.39, 0.29) is 11.7 Å². The molecule has 2 aromatic rings. The largest absolute Gasteiger partial charge is 0.573 e. The molecule has 0 aliphatic heterocycles. The maximum Gasteiger partial charge on any atom is 0.573 e. The fourth-order valence-corrected chi connectivity index (χ4v) is 4.54. The quantitative estimate of drug-likeness (QED) is 0.607. The number of alkyl halides is 3. The van der Waals surface area contributed by atoms with Crippen molar-refractivity contribution in [3.05, 3.63) is 35.7 Å². The Morgan fingerprint density at radius 1 is 1.24 bits per heavy atom. The van der Waals surface area contributed by atoms with Crippen molar-refractivity contribution in [3.63, 3.8) is 0 Å². The van der Waals surface area contributed by atoms with Gasteiger partial charge in [0.05, 0.1) is 10.9 Å². The molecule has 1 fully saturated rings. The van der Waals surface area contributed by atoms with Crippen molar-refractivity contribution in [2.45, 2.75) is 69.3 Å². The number of benzene rings is 1. The second-order valence-corrected chi connectivity index (χ2v) is 8.50. The topological polar surface area (TPSA) is 56.1 Å². The van der Waals surface area contributed by atoms with Crippen LogP contribution in [-0.2, 0) is 4.79 Å². The Morgan fingerprint density at radius 3 is 2.45 bits per heavy atom. The molecule has 1 aromatic heterocycles. The highest BCUT2D eigenvalue weighted by Crippen LogP contribution is 2.36. The van der Waals surface area contributed by atoms with Crippen molar-refractivity contribution >= 4 is 23.4 Å². The average molecular weight is 427 g/mol. The van der Waals surface area contributed by atoms with Crippen LogP contribution in [0.2, 0.25) is 0 Å². The Balaban J connectivity index is 1.65. The van der Waals surface area contributed by atoms with E-state index in [1.165, 1.54) is 48.9 Å². The second-order valence-electron chi connectivity index (χ2n) is 7.19. The van der Waals surface area contributed by atoms with E-state index in [9.17, 15) is 18.0 Å². The van der Waals surface area contributed by atoms with Crippen LogP contribution >= 0.6 is 11.8 Å². The van der Waals surface area contributed by atoms with E-state index in [2.05, 4.69) is 26.5 Å². The number of thioether (sulfide) groups is 1. The molecular weight excluding hydrogens is 403 g/mol. The predicted molar refractivity (Wildman–Crippen MR) is 106 cm³/mol. The van der Waals surface area contributed by atoms with Gasteiger partial charge in [-0.3, -0.25) is 4.79 Å². The van der Waals surface area contributed by atoms with Crippen molar-refractivity contribution in [1.29, 1.82) is 0 Å². The number of nitrogens with zero attached hydrogens (tertiary/aromatic N) is 2. The van der Waals surface area contributed by atoms with Crippen LogP contribution in [0.15, 0.2) is 29.4 Å². The van der Waals surface area contributed by atoms with Crippen LogP contribution < -0.4 is 10.1 Å². The van der Waals surface area contributed by atoms with Gasteiger partial charge < -0.3 is 14.6 Å². The maximum atomic E-state index is 12.6. The number of aromatic nitrogens is 2. The first-order valence-electron chi connectivity index (χ1n) is 9.53. The Hall–Kier alpha value is -2.16. The molecule has 1 aromatic carbocycles. The summed E-state index contributed by atoms with van der Waals surface area (Å²) < 4.78 is 42.8. The number of carbonyl (C=O) groups excluding carboxylic acids is 1. The molecule has 0 radical (unpaired) electrons. The standard InChI is InChI=1S/C20H24F3N3O2S/c1-12-13(2)26(16-6-4-5-7-16)19(24-12)29-14(3)18(27)25-15-8-10-17(11-9-15)28-20(21,22)23/h8-11,14,16H,4-7H2,1-3H3,(H,25,27)/t14-/m1/s1. The number of hydrogen-bond acceptors (Lipinski definition) is 4. The summed E-state index contributed by atoms with van der Waals surface area (Å²) in [6, 6.07) is 5.52. The summed E-state index contributed by atoms with van der Waals surface area (Å²) in [6.45, 7) is 5.82. The highest BCUT2D eigenvalue weighted by molar-refractivity contribution is 8.00. The van der Waals surface area contributed by atoms with Gasteiger partial charge in [0.15, 0.2) is 5.16 Å². The maximum absolute atomic E-state index is 12.6. The summed E-state index contributed by atoms with van der Waals surface area (Å²) in [6.07, 6.45) is -0.0906. The van der Waals surface area contributed by atoms with E-state index in [0.717, 1.165) is 29.4 Å². The SMILES string of the molecule is Cc1nc(S[C@H](C)C(=O)Nc2ccc(OC(F)(F)F)cc2)n(C2CCCC2)c1C. The molecule has 1 heterocycles. The summed E-state index contributed by atoms with van der Waals surface area (Å²) in [5.41, 5.74) is 2.50. The van der Waals surface area contributed by atoms with E-state index >= 15 is 0 Å². The van der Waals surface area contributed by atoms with Crippen LogP contribution in [0.4, 0.5) is 18.9 Å².